The molecule has 0 aliphatic heterocycles. The van der Waals surface area contributed by atoms with E-state index in [9.17, 15) is 10.4 Å². The Bertz CT molecular complexity index is 804. The number of hydrogen-bond donors (Lipinski definition) is 2. The van der Waals surface area contributed by atoms with Crippen LogP contribution in [0.2, 0.25) is 0 Å². The number of rotatable bonds is 6. The maximum absolute atomic E-state index is 10.9. The number of aliphatic hydroxyl groups is 1. The third-order valence-electron chi connectivity index (χ3n) is 13.4. The topological polar surface area (TPSA) is 49.7 Å². The molecule has 33 heavy (non-hydrogen) atoms. The Hall–Kier alpha value is -0.380. The summed E-state index contributed by atoms with van der Waals surface area (Å²) in [6.45, 7) is 18.5. The molecule has 0 unspecified atom stereocenters. The van der Waals surface area contributed by atoms with E-state index >= 15 is 0 Å². The van der Waals surface area contributed by atoms with E-state index in [0.717, 1.165) is 36.7 Å². The first-order valence-corrected chi connectivity index (χ1v) is 14.0. The molecule has 3 nitrogen and oxygen atoms in total. The van der Waals surface area contributed by atoms with Gasteiger partial charge >= 0.3 is 0 Å². The standard InChI is InChI=1S/C30H50O3/c1-19(2)22(33-32)9-8-20(3)21-12-14-28(7)24-11-10-23-26(4,5)25(31)13-15-29(23)18-30(24,29)17-16-27(21,28)6/h20-25,31-32H,1,8-18H2,2-7H3/t20-,21-,22-,23+,24+,25+,27-,28+,29-,30+/m1/s1. The molecule has 5 aliphatic carbocycles. The molecule has 5 aliphatic rings. The van der Waals surface area contributed by atoms with Gasteiger partial charge in [-0.25, -0.2) is 4.89 Å². The average Bonchev–Trinajstić information content (AvgIpc) is 3.34. The Morgan fingerprint density at radius 1 is 0.909 bits per heavy atom. The first-order valence-electron chi connectivity index (χ1n) is 14.0. The van der Waals surface area contributed by atoms with Crippen LogP contribution in [0.15, 0.2) is 12.2 Å². The smallest absolute Gasteiger partial charge is 0.113 e. The maximum Gasteiger partial charge on any atom is 0.113 e. The highest BCUT2D eigenvalue weighted by atomic mass is 17.1. The fraction of sp³-hybridized carbons (Fsp3) is 0.933. The van der Waals surface area contributed by atoms with Gasteiger partial charge in [-0.3, -0.25) is 5.26 Å². The van der Waals surface area contributed by atoms with E-state index in [4.69, 9.17) is 4.89 Å². The summed E-state index contributed by atoms with van der Waals surface area (Å²) < 4.78 is 0. The van der Waals surface area contributed by atoms with Gasteiger partial charge in [-0.1, -0.05) is 41.2 Å². The predicted molar refractivity (Wildman–Crippen MR) is 134 cm³/mol. The second-order valence-corrected chi connectivity index (χ2v) is 14.5. The van der Waals surface area contributed by atoms with E-state index in [1.807, 2.05) is 6.92 Å². The minimum atomic E-state index is -0.228. The molecule has 188 valence electrons. The monoisotopic (exact) mass is 458 g/mol. The minimum absolute atomic E-state index is 0.0791. The Balaban J connectivity index is 1.37. The van der Waals surface area contributed by atoms with Crippen LogP contribution in [0.1, 0.15) is 112 Å². The molecule has 0 saturated heterocycles. The molecular formula is C30H50O3. The first-order chi connectivity index (χ1) is 15.4. The van der Waals surface area contributed by atoms with Gasteiger partial charge in [-0.15, -0.1) is 0 Å². The van der Waals surface area contributed by atoms with E-state index in [2.05, 4.69) is 41.2 Å². The SMILES string of the molecule is C=C(C)[C@@H](CC[C@@H](C)[C@H]1CC[C@@]2(C)[C@@H]3CC[C@H]4C(C)(C)[C@@H](O)CC[C@@]45C[C@@]35CC[C@]12C)OO. The molecule has 0 aromatic carbocycles. The normalized spacial score (nSPS) is 51.5. The summed E-state index contributed by atoms with van der Waals surface area (Å²) in [7, 11) is 0. The molecule has 5 rings (SSSR count). The molecule has 0 amide bonds. The molecule has 0 radical (unpaired) electrons. The first kappa shape index (κ1) is 24.3. The van der Waals surface area contributed by atoms with Crippen LogP contribution in [0, 0.1) is 50.7 Å². The van der Waals surface area contributed by atoms with Crippen molar-refractivity contribution in [1.82, 2.24) is 0 Å². The Morgan fingerprint density at radius 3 is 2.24 bits per heavy atom. The second-order valence-electron chi connectivity index (χ2n) is 14.5. The molecule has 5 saturated carbocycles. The van der Waals surface area contributed by atoms with Crippen LogP contribution in [-0.2, 0) is 4.89 Å². The number of hydrogen-bond acceptors (Lipinski definition) is 3. The largest absolute Gasteiger partial charge is 0.393 e. The van der Waals surface area contributed by atoms with Crippen LogP contribution < -0.4 is 0 Å². The zero-order chi connectivity index (χ0) is 24.0. The van der Waals surface area contributed by atoms with Crippen LogP contribution in [0.4, 0.5) is 0 Å². The lowest BCUT2D eigenvalue weighted by molar-refractivity contribution is -0.270. The fourth-order valence-corrected chi connectivity index (χ4v) is 11.3. The summed E-state index contributed by atoms with van der Waals surface area (Å²) in [5.41, 5.74) is 2.95. The summed E-state index contributed by atoms with van der Waals surface area (Å²) in [4.78, 5) is 4.72. The minimum Gasteiger partial charge on any atom is -0.393 e. The molecule has 0 heterocycles. The zero-order valence-corrected chi connectivity index (χ0v) is 22.3. The summed E-state index contributed by atoms with van der Waals surface area (Å²) >= 11 is 0. The van der Waals surface area contributed by atoms with Gasteiger partial charge in [0.15, 0.2) is 0 Å². The number of fused-ring (bicyclic) bond motifs is 2. The number of aliphatic hydroxyl groups excluding tert-OH is 1. The van der Waals surface area contributed by atoms with E-state index in [0.29, 0.717) is 33.5 Å². The van der Waals surface area contributed by atoms with Gasteiger partial charge in [-0.2, -0.15) is 0 Å². The maximum atomic E-state index is 10.9. The van der Waals surface area contributed by atoms with Crippen molar-refractivity contribution in [2.75, 3.05) is 0 Å². The van der Waals surface area contributed by atoms with Crippen molar-refractivity contribution in [2.45, 2.75) is 124 Å². The lowest BCUT2D eigenvalue weighted by atomic mass is 9.41. The highest BCUT2D eigenvalue weighted by molar-refractivity contribution is 5.30. The predicted octanol–water partition coefficient (Wildman–Crippen LogP) is 7.64. The molecule has 2 N–H and O–H groups in total. The Morgan fingerprint density at radius 2 is 1.58 bits per heavy atom. The summed E-state index contributed by atoms with van der Waals surface area (Å²) in [5.74, 6) is 3.00. The van der Waals surface area contributed by atoms with E-state index in [1.165, 1.54) is 51.4 Å². The van der Waals surface area contributed by atoms with Crippen molar-refractivity contribution in [3.63, 3.8) is 0 Å². The molecule has 0 bridgehead atoms. The van der Waals surface area contributed by atoms with Crippen LogP contribution in [0.3, 0.4) is 0 Å². The van der Waals surface area contributed by atoms with Crippen molar-refractivity contribution in [3.8, 4) is 0 Å². The van der Waals surface area contributed by atoms with Gasteiger partial charge < -0.3 is 5.11 Å². The van der Waals surface area contributed by atoms with Crippen molar-refractivity contribution < 1.29 is 15.3 Å². The Kier molecular flexibility index (Phi) is 5.57. The fourth-order valence-electron chi connectivity index (χ4n) is 11.3. The molecule has 0 aromatic rings. The molecule has 0 aromatic heterocycles. The van der Waals surface area contributed by atoms with Crippen molar-refractivity contribution in [2.24, 2.45) is 50.7 Å². The second kappa shape index (κ2) is 7.56. The Labute approximate surface area is 202 Å². The van der Waals surface area contributed by atoms with Crippen LogP contribution in [-0.4, -0.2) is 22.6 Å². The van der Waals surface area contributed by atoms with Crippen molar-refractivity contribution in [3.05, 3.63) is 12.2 Å². The van der Waals surface area contributed by atoms with E-state index < -0.39 is 0 Å². The summed E-state index contributed by atoms with van der Waals surface area (Å²) in [6, 6.07) is 0. The van der Waals surface area contributed by atoms with Crippen LogP contribution >= 0.6 is 0 Å². The van der Waals surface area contributed by atoms with Gasteiger partial charge in [0.2, 0.25) is 0 Å². The van der Waals surface area contributed by atoms with Crippen molar-refractivity contribution in [1.29, 1.82) is 0 Å². The molecule has 3 heteroatoms. The van der Waals surface area contributed by atoms with E-state index in [1.54, 1.807) is 0 Å². The molecule has 5 fully saturated rings. The van der Waals surface area contributed by atoms with Crippen LogP contribution in [0.25, 0.3) is 0 Å². The third-order valence-corrected chi connectivity index (χ3v) is 13.4. The summed E-state index contributed by atoms with van der Waals surface area (Å²) in [5, 5.41) is 20.1. The van der Waals surface area contributed by atoms with Crippen molar-refractivity contribution >= 4 is 0 Å². The molecule has 2 spiro atoms. The van der Waals surface area contributed by atoms with Gasteiger partial charge in [0.25, 0.3) is 0 Å². The zero-order valence-electron chi connectivity index (χ0n) is 22.3. The highest BCUT2D eigenvalue weighted by Crippen LogP contribution is 2.89. The summed E-state index contributed by atoms with van der Waals surface area (Å²) in [6.07, 6.45) is 13.6. The third kappa shape index (κ3) is 2.97. The van der Waals surface area contributed by atoms with Gasteiger partial charge in [-0.05, 0) is 134 Å². The van der Waals surface area contributed by atoms with Gasteiger partial charge in [0, 0.05) is 0 Å². The van der Waals surface area contributed by atoms with Gasteiger partial charge in [0.05, 0.1) is 6.10 Å². The van der Waals surface area contributed by atoms with Crippen LogP contribution in [0.5, 0.6) is 0 Å². The molecular weight excluding hydrogens is 408 g/mol. The lowest BCUT2D eigenvalue weighted by Crippen LogP contribution is -2.57. The average molecular weight is 459 g/mol. The lowest BCUT2D eigenvalue weighted by Gasteiger charge is -2.63. The quantitative estimate of drug-likeness (QED) is 0.244. The van der Waals surface area contributed by atoms with E-state index in [-0.39, 0.29) is 17.6 Å². The highest BCUT2D eigenvalue weighted by Gasteiger charge is 2.82. The van der Waals surface area contributed by atoms with Gasteiger partial charge in [0.1, 0.15) is 6.10 Å². The molecule has 10 atom stereocenters.